The van der Waals surface area contributed by atoms with Crippen LogP contribution in [0.3, 0.4) is 0 Å². The second kappa shape index (κ2) is 4.46. The highest BCUT2D eigenvalue weighted by Gasteiger charge is 2.57. The third-order valence-corrected chi connectivity index (χ3v) is 5.48. The van der Waals surface area contributed by atoms with Crippen molar-refractivity contribution in [3.05, 3.63) is 12.7 Å². The molecule has 1 heterocycles. The number of Topliss-reactive ketones (excluding diaryl/α,β-unsaturated/α-hetero) is 1. The SMILES string of the molecule is C=CCN1C(=O)CCC2C3CC(=O)CC21CC(C)C3. The van der Waals surface area contributed by atoms with Gasteiger partial charge in [-0.15, -0.1) is 6.58 Å². The molecule has 1 aliphatic heterocycles. The van der Waals surface area contributed by atoms with Gasteiger partial charge in [-0.3, -0.25) is 9.59 Å². The molecule has 3 fully saturated rings. The predicted octanol–water partition coefficient (Wildman–Crippen LogP) is 2.56. The van der Waals surface area contributed by atoms with Gasteiger partial charge in [0.1, 0.15) is 5.78 Å². The van der Waals surface area contributed by atoms with Gasteiger partial charge in [0.15, 0.2) is 0 Å². The lowest BCUT2D eigenvalue weighted by Gasteiger charge is -2.60. The fourth-order valence-corrected chi connectivity index (χ4v) is 5.08. The number of hydrogen-bond donors (Lipinski definition) is 0. The Labute approximate surface area is 115 Å². The smallest absolute Gasteiger partial charge is 0.223 e. The van der Waals surface area contributed by atoms with Gasteiger partial charge in [0.2, 0.25) is 5.91 Å². The summed E-state index contributed by atoms with van der Waals surface area (Å²) in [7, 11) is 0. The monoisotopic (exact) mass is 261 g/mol. The van der Waals surface area contributed by atoms with Gasteiger partial charge < -0.3 is 4.90 Å². The molecule has 4 unspecified atom stereocenters. The highest BCUT2D eigenvalue weighted by molar-refractivity contribution is 5.85. The number of carbonyl (C=O) groups excluding carboxylic acids is 2. The Hall–Kier alpha value is -1.12. The molecule has 2 aliphatic carbocycles. The maximum Gasteiger partial charge on any atom is 0.223 e. The molecule has 0 radical (unpaired) electrons. The lowest BCUT2D eigenvalue weighted by Crippen LogP contribution is -2.66. The Morgan fingerprint density at radius 2 is 2.26 bits per heavy atom. The van der Waals surface area contributed by atoms with Crippen LogP contribution in [0.5, 0.6) is 0 Å². The van der Waals surface area contributed by atoms with Crippen LogP contribution in [0, 0.1) is 17.8 Å². The van der Waals surface area contributed by atoms with Crippen molar-refractivity contribution in [2.24, 2.45) is 17.8 Å². The van der Waals surface area contributed by atoms with Gasteiger partial charge in [0, 0.05) is 25.8 Å². The first-order valence-electron chi connectivity index (χ1n) is 7.50. The molecule has 3 aliphatic rings. The number of ketones is 1. The molecular weight excluding hydrogens is 238 g/mol. The van der Waals surface area contributed by atoms with Crippen LogP contribution in [0.4, 0.5) is 0 Å². The Balaban J connectivity index is 2.02. The summed E-state index contributed by atoms with van der Waals surface area (Å²) in [5.41, 5.74) is -0.179. The van der Waals surface area contributed by atoms with E-state index in [0.717, 1.165) is 25.7 Å². The molecule has 3 rings (SSSR count). The fraction of sp³-hybridized carbons (Fsp3) is 0.750. The summed E-state index contributed by atoms with van der Waals surface area (Å²) >= 11 is 0. The van der Waals surface area contributed by atoms with E-state index in [1.807, 2.05) is 11.0 Å². The summed E-state index contributed by atoms with van der Waals surface area (Å²) in [5.74, 6) is 2.24. The van der Waals surface area contributed by atoms with Crippen molar-refractivity contribution < 1.29 is 9.59 Å². The molecule has 3 nitrogen and oxygen atoms in total. The Bertz CT molecular complexity index is 430. The van der Waals surface area contributed by atoms with Crippen LogP contribution in [-0.2, 0) is 9.59 Å². The molecule has 2 saturated carbocycles. The van der Waals surface area contributed by atoms with Gasteiger partial charge in [0.05, 0.1) is 5.54 Å². The predicted molar refractivity (Wildman–Crippen MR) is 73.5 cm³/mol. The van der Waals surface area contributed by atoms with Crippen LogP contribution in [0.15, 0.2) is 12.7 Å². The summed E-state index contributed by atoms with van der Waals surface area (Å²) in [6.45, 7) is 6.66. The van der Waals surface area contributed by atoms with E-state index in [-0.39, 0.29) is 11.4 Å². The Morgan fingerprint density at radius 3 is 3.00 bits per heavy atom. The molecule has 0 aromatic rings. The van der Waals surface area contributed by atoms with Crippen molar-refractivity contribution in [1.82, 2.24) is 4.90 Å². The number of hydrogen-bond acceptors (Lipinski definition) is 2. The van der Waals surface area contributed by atoms with E-state index >= 15 is 0 Å². The van der Waals surface area contributed by atoms with Gasteiger partial charge >= 0.3 is 0 Å². The van der Waals surface area contributed by atoms with E-state index in [1.54, 1.807) is 0 Å². The largest absolute Gasteiger partial charge is 0.333 e. The fourth-order valence-electron chi connectivity index (χ4n) is 5.08. The average Bonchev–Trinajstić information content (AvgIpc) is 2.31. The molecule has 0 spiro atoms. The lowest BCUT2D eigenvalue weighted by molar-refractivity contribution is -0.163. The quantitative estimate of drug-likeness (QED) is 0.716. The van der Waals surface area contributed by atoms with Gasteiger partial charge in [-0.25, -0.2) is 0 Å². The number of nitrogens with zero attached hydrogens (tertiary/aromatic N) is 1. The Morgan fingerprint density at radius 1 is 1.47 bits per heavy atom. The van der Waals surface area contributed by atoms with Crippen LogP contribution in [0.1, 0.15) is 45.4 Å². The van der Waals surface area contributed by atoms with E-state index in [0.29, 0.717) is 42.9 Å². The molecule has 1 saturated heterocycles. The highest BCUT2D eigenvalue weighted by Crippen LogP contribution is 2.54. The van der Waals surface area contributed by atoms with Crippen LogP contribution >= 0.6 is 0 Å². The van der Waals surface area contributed by atoms with Crippen LogP contribution in [-0.4, -0.2) is 28.7 Å². The molecule has 19 heavy (non-hydrogen) atoms. The summed E-state index contributed by atoms with van der Waals surface area (Å²) in [6, 6.07) is 0. The number of likely N-dealkylation sites (tertiary alicyclic amines) is 1. The molecule has 104 valence electrons. The van der Waals surface area contributed by atoms with Gasteiger partial charge in [-0.2, -0.15) is 0 Å². The van der Waals surface area contributed by atoms with Crippen LogP contribution in [0.2, 0.25) is 0 Å². The van der Waals surface area contributed by atoms with E-state index in [2.05, 4.69) is 13.5 Å². The van der Waals surface area contributed by atoms with Crippen molar-refractivity contribution >= 4 is 11.7 Å². The normalized spacial score (nSPS) is 41.9. The number of carbonyl (C=O) groups is 2. The van der Waals surface area contributed by atoms with Gasteiger partial charge in [-0.1, -0.05) is 13.0 Å². The average molecular weight is 261 g/mol. The molecule has 0 aromatic heterocycles. The first-order chi connectivity index (χ1) is 9.06. The standard InChI is InChI=1S/C16H23NO2/c1-3-6-17-15(19)5-4-14-12-7-11(2)9-16(14,17)10-13(18)8-12/h3,11-12,14H,1,4-10H2,2H3. The second-order valence-electron chi connectivity index (χ2n) is 6.77. The van der Waals surface area contributed by atoms with Crippen molar-refractivity contribution in [2.45, 2.75) is 51.0 Å². The van der Waals surface area contributed by atoms with Crippen LogP contribution in [0.25, 0.3) is 0 Å². The van der Waals surface area contributed by atoms with Crippen molar-refractivity contribution in [2.75, 3.05) is 6.54 Å². The van der Waals surface area contributed by atoms with E-state index in [9.17, 15) is 9.59 Å². The first kappa shape index (κ1) is 12.9. The van der Waals surface area contributed by atoms with Crippen molar-refractivity contribution in [3.8, 4) is 0 Å². The maximum atomic E-state index is 12.3. The molecule has 2 bridgehead atoms. The third-order valence-electron chi connectivity index (χ3n) is 5.48. The molecule has 3 heteroatoms. The number of piperidine rings is 1. The summed E-state index contributed by atoms with van der Waals surface area (Å²) < 4.78 is 0. The van der Waals surface area contributed by atoms with E-state index in [4.69, 9.17) is 0 Å². The zero-order valence-corrected chi connectivity index (χ0v) is 11.7. The maximum absolute atomic E-state index is 12.3. The van der Waals surface area contributed by atoms with E-state index < -0.39 is 0 Å². The first-order valence-corrected chi connectivity index (χ1v) is 7.50. The molecular formula is C16H23NO2. The number of rotatable bonds is 2. The second-order valence-corrected chi connectivity index (χ2v) is 6.77. The molecule has 4 atom stereocenters. The minimum atomic E-state index is -0.179. The zero-order valence-electron chi connectivity index (χ0n) is 11.7. The van der Waals surface area contributed by atoms with Gasteiger partial charge in [-0.05, 0) is 37.0 Å². The number of amides is 1. The molecule has 0 aromatic carbocycles. The highest BCUT2D eigenvalue weighted by atomic mass is 16.2. The summed E-state index contributed by atoms with van der Waals surface area (Å²) in [5, 5.41) is 0. The molecule has 0 N–H and O–H groups in total. The van der Waals surface area contributed by atoms with Gasteiger partial charge in [0.25, 0.3) is 0 Å². The summed E-state index contributed by atoms with van der Waals surface area (Å²) in [6.07, 6.45) is 6.93. The summed E-state index contributed by atoms with van der Waals surface area (Å²) in [4.78, 5) is 26.4. The minimum absolute atomic E-state index is 0.179. The van der Waals surface area contributed by atoms with Crippen LogP contribution < -0.4 is 0 Å². The topological polar surface area (TPSA) is 37.4 Å². The Kier molecular flexibility index (Phi) is 3.03. The zero-order chi connectivity index (χ0) is 13.6. The minimum Gasteiger partial charge on any atom is -0.333 e. The third kappa shape index (κ3) is 1.86. The molecule has 1 amide bonds. The lowest BCUT2D eigenvalue weighted by atomic mass is 9.54. The van der Waals surface area contributed by atoms with Crippen molar-refractivity contribution in [3.63, 3.8) is 0 Å². The van der Waals surface area contributed by atoms with E-state index in [1.165, 1.54) is 0 Å². The van der Waals surface area contributed by atoms with Crippen molar-refractivity contribution in [1.29, 1.82) is 0 Å².